The number of nitrogens with two attached hydrogens (primary N) is 1. The molecule has 0 amide bonds. The molecule has 0 bridgehead atoms. The number of aliphatic hydroxyl groups is 1. The number of hydrogen-bond donors (Lipinski definition) is 2. The largest absolute Gasteiger partial charge is 0.573 e. The summed E-state index contributed by atoms with van der Waals surface area (Å²) in [5, 5.41) is 10.1. The van der Waals surface area contributed by atoms with Crippen molar-refractivity contribution in [3.8, 4) is 5.75 Å². The van der Waals surface area contributed by atoms with Crippen molar-refractivity contribution in [2.75, 3.05) is 0 Å². The second kappa shape index (κ2) is 6.65. The smallest absolute Gasteiger partial charge is 0.405 e. The minimum Gasteiger partial charge on any atom is -0.405 e. The number of hydrogen-bond acceptors (Lipinski definition) is 3. The van der Waals surface area contributed by atoms with Crippen molar-refractivity contribution in [2.45, 2.75) is 37.8 Å². The highest BCUT2D eigenvalue weighted by Gasteiger charge is 2.35. The molecule has 0 aromatic heterocycles. The van der Waals surface area contributed by atoms with E-state index in [1.807, 2.05) is 0 Å². The molecule has 20 heavy (non-hydrogen) atoms. The van der Waals surface area contributed by atoms with Gasteiger partial charge in [0.1, 0.15) is 5.75 Å². The van der Waals surface area contributed by atoms with Crippen molar-refractivity contribution >= 4 is 12.4 Å². The average Bonchev–Trinajstić information content (AvgIpc) is 2.24. The van der Waals surface area contributed by atoms with E-state index < -0.39 is 18.5 Å². The van der Waals surface area contributed by atoms with E-state index in [-0.39, 0.29) is 29.6 Å². The van der Waals surface area contributed by atoms with Crippen LogP contribution in [0.15, 0.2) is 24.3 Å². The maximum Gasteiger partial charge on any atom is 0.573 e. The second-order valence-corrected chi connectivity index (χ2v) is 4.79. The van der Waals surface area contributed by atoms with E-state index >= 15 is 0 Å². The molecule has 3 N–H and O–H groups in total. The Morgan fingerprint density at radius 3 is 2.35 bits per heavy atom. The predicted molar refractivity (Wildman–Crippen MR) is 70.6 cm³/mol. The van der Waals surface area contributed by atoms with Gasteiger partial charge in [-0.3, -0.25) is 0 Å². The van der Waals surface area contributed by atoms with E-state index in [9.17, 15) is 18.3 Å². The lowest BCUT2D eigenvalue weighted by Gasteiger charge is -2.34. The molecule has 0 radical (unpaired) electrons. The van der Waals surface area contributed by atoms with Crippen molar-refractivity contribution in [3.63, 3.8) is 0 Å². The maximum atomic E-state index is 12.3. The first-order valence-corrected chi connectivity index (χ1v) is 6.17. The van der Waals surface area contributed by atoms with Crippen molar-refractivity contribution in [1.82, 2.24) is 0 Å². The number of para-hydroxylation sites is 1. The monoisotopic (exact) mass is 311 g/mol. The maximum absolute atomic E-state index is 12.3. The summed E-state index contributed by atoms with van der Waals surface area (Å²) >= 11 is 0. The number of benzene rings is 1. The Morgan fingerprint density at radius 2 is 1.85 bits per heavy atom. The van der Waals surface area contributed by atoms with Crippen LogP contribution in [0.3, 0.4) is 0 Å². The number of alkyl halides is 3. The molecule has 1 aliphatic carbocycles. The summed E-state index contributed by atoms with van der Waals surface area (Å²) in [5.41, 5.74) is 6.05. The summed E-state index contributed by atoms with van der Waals surface area (Å²) in [6, 6.07) is 4.80. The van der Waals surface area contributed by atoms with E-state index in [1.54, 1.807) is 6.07 Å². The highest BCUT2D eigenvalue weighted by molar-refractivity contribution is 5.85. The Hall–Kier alpha value is -0.980. The Bertz CT molecular complexity index is 438. The lowest BCUT2D eigenvalue weighted by Crippen LogP contribution is -2.36. The first kappa shape index (κ1) is 17.1. The summed E-state index contributed by atoms with van der Waals surface area (Å²) in [4.78, 5) is 0. The van der Waals surface area contributed by atoms with Gasteiger partial charge in [-0.1, -0.05) is 24.6 Å². The fraction of sp³-hybridized carbons (Fsp3) is 0.538. The molecule has 1 aliphatic rings. The van der Waals surface area contributed by atoms with Gasteiger partial charge in [-0.15, -0.1) is 25.6 Å². The zero-order valence-electron chi connectivity index (χ0n) is 10.6. The molecule has 2 atom stereocenters. The zero-order valence-corrected chi connectivity index (χ0v) is 11.5. The highest BCUT2D eigenvalue weighted by Crippen LogP contribution is 2.37. The zero-order chi connectivity index (χ0) is 14.0. The average molecular weight is 312 g/mol. The van der Waals surface area contributed by atoms with Gasteiger partial charge in [0.2, 0.25) is 0 Å². The van der Waals surface area contributed by atoms with Crippen molar-refractivity contribution in [3.05, 3.63) is 29.8 Å². The SMILES string of the molecule is Cl.N[C@H](c1ccccc1OC(F)(F)F)[C@@H](O)C1CCC1. The third kappa shape index (κ3) is 4.01. The number of ether oxygens (including phenoxy) is 1. The van der Waals surface area contributed by atoms with Crippen molar-refractivity contribution in [2.24, 2.45) is 11.7 Å². The van der Waals surface area contributed by atoms with E-state index in [2.05, 4.69) is 4.74 Å². The Morgan fingerprint density at radius 1 is 1.25 bits per heavy atom. The van der Waals surface area contributed by atoms with E-state index in [0.717, 1.165) is 19.3 Å². The number of halogens is 4. The third-order valence-corrected chi connectivity index (χ3v) is 3.50. The van der Waals surface area contributed by atoms with Gasteiger partial charge >= 0.3 is 6.36 Å². The molecule has 3 nitrogen and oxygen atoms in total. The topological polar surface area (TPSA) is 55.5 Å². The molecule has 1 saturated carbocycles. The van der Waals surface area contributed by atoms with Crippen LogP contribution in [-0.2, 0) is 0 Å². The first-order chi connectivity index (χ1) is 8.88. The number of aliphatic hydroxyl groups excluding tert-OH is 1. The van der Waals surface area contributed by atoms with Crippen molar-refractivity contribution < 1.29 is 23.0 Å². The van der Waals surface area contributed by atoms with Crippen LogP contribution in [0.1, 0.15) is 30.9 Å². The normalized spacial score (nSPS) is 18.6. The fourth-order valence-electron chi connectivity index (χ4n) is 2.23. The van der Waals surface area contributed by atoms with Gasteiger partial charge in [0.15, 0.2) is 0 Å². The van der Waals surface area contributed by atoms with Gasteiger partial charge < -0.3 is 15.6 Å². The van der Waals surface area contributed by atoms with Crippen LogP contribution in [0, 0.1) is 5.92 Å². The molecule has 7 heteroatoms. The Kier molecular flexibility index (Phi) is 5.68. The van der Waals surface area contributed by atoms with Crippen LogP contribution in [0.25, 0.3) is 0 Å². The summed E-state index contributed by atoms with van der Waals surface area (Å²) in [7, 11) is 0. The Labute approximate surface area is 121 Å². The van der Waals surface area contributed by atoms with E-state index in [4.69, 9.17) is 5.73 Å². The lowest BCUT2D eigenvalue weighted by atomic mass is 9.77. The van der Waals surface area contributed by atoms with Gasteiger partial charge in [-0.05, 0) is 24.8 Å². The number of rotatable bonds is 4. The second-order valence-electron chi connectivity index (χ2n) is 4.79. The van der Waals surface area contributed by atoms with Gasteiger partial charge in [0, 0.05) is 5.56 Å². The van der Waals surface area contributed by atoms with Crippen LogP contribution in [0.5, 0.6) is 5.75 Å². The molecule has 1 fully saturated rings. The summed E-state index contributed by atoms with van der Waals surface area (Å²) < 4.78 is 40.8. The Balaban J connectivity index is 0.00000200. The fourth-order valence-corrected chi connectivity index (χ4v) is 2.23. The first-order valence-electron chi connectivity index (χ1n) is 6.17. The summed E-state index contributed by atoms with van der Waals surface area (Å²) in [6.45, 7) is 0. The van der Waals surface area contributed by atoms with Gasteiger partial charge in [-0.2, -0.15) is 0 Å². The van der Waals surface area contributed by atoms with E-state index in [0.29, 0.717) is 0 Å². The summed E-state index contributed by atoms with van der Waals surface area (Å²) in [5.74, 6) is -0.283. The summed E-state index contributed by atoms with van der Waals surface area (Å²) in [6.07, 6.45) is -2.87. The molecule has 114 valence electrons. The van der Waals surface area contributed by atoms with Crippen LogP contribution in [0.2, 0.25) is 0 Å². The third-order valence-electron chi connectivity index (χ3n) is 3.50. The molecule has 2 rings (SSSR count). The van der Waals surface area contributed by atoms with Crippen LogP contribution >= 0.6 is 12.4 Å². The molecule has 0 aliphatic heterocycles. The predicted octanol–water partition coefficient (Wildman–Crippen LogP) is 3.17. The molecule has 0 unspecified atom stereocenters. The molecule has 0 saturated heterocycles. The van der Waals surface area contributed by atoms with Crippen LogP contribution in [0.4, 0.5) is 13.2 Å². The quantitative estimate of drug-likeness (QED) is 0.898. The van der Waals surface area contributed by atoms with Gasteiger partial charge in [0.05, 0.1) is 12.1 Å². The minimum atomic E-state index is -4.77. The van der Waals surface area contributed by atoms with Crippen LogP contribution < -0.4 is 10.5 Å². The van der Waals surface area contributed by atoms with Gasteiger partial charge in [-0.25, -0.2) is 0 Å². The van der Waals surface area contributed by atoms with Gasteiger partial charge in [0.25, 0.3) is 0 Å². The molecule has 1 aromatic carbocycles. The van der Waals surface area contributed by atoms with Crippen molar-refractivity contribution in [1.29, 1.82) is 0 Å². The molecular weight excluding hydrogens is 295 g/mol. The molecule has 0 heterocycles. The highest BCUT2D eigenvalue weighted by atomic mass is 35.5. The minimum absolute atomic E-state index is 0. The van der Waals surface area contributed by atoms with E-state index in [1.165, 1.54) is 18.2 Å². The molecule has 0 spiro atoms. The van der Waals surface area contributed by atoms with Crippen LogP contribution in [-0.4, -0.2) is 17.6 Å². The lowest BCUT2D eigenvalue weighted by molar-refractivity contribution is -0.275. The molecule has 1 aromatic rings. The molecular formula is C13H17ClF3NO2. The standard InChI is InChI=1S/C13H16F3NO2.ClH/c14-13(15,16)19-10-7-2-1-6-9(10)11(17)12(18)8-4-3-5-8;/h1-2,6-8,11-12,18H,3-5,17H2;1H/t11-,12+;/m1./s1.